The minimum absolute atomic E-state index is 0.162. The van der Waals surface area contributed by atoms with Gasteiger partial charge in [-0.05, 0) is 63.5 Å². The summed E-state index contributed by atoms with van der Waals surface area (Å²) in [5, 5.41) is 0. The molecule has 1 fully saturated rings. The molecule has 4 nitrogen and oxygen atoms in total. The molecule has 0 amide bonds. The van der Waals surface area contributed by atoms with Gasteiger partial charge in [-0.25, -0.2) is 0 Å². The number of rotatable bonds is 4. The van der Waals surface area contributed by atoms with E-state index >= 15 is 0 Å². The molecule has 0 aromatic heterocycles. The summed E-state index contributed by atoms with van der Waals surface area (Å²) in [6.07, 6.45) is 3.48. The maximum atomic E-state index is 12.0. The van der Waals surface area contributed by atoms with Gasteiger partial charge in [-0.1, -0.05) is 12.5 Å². The molecule has 2 rings (SSSR count). The highest BCUT2D eigenvalue weighted by Gasteiger charge is 2.24. The summed E-state index contributed by atoms with van der Waals surface area (Å²) < 4.78 is 28.9. The largest absolute Gasteiger partial charge is 0.299 e. The minimum Gasteiger partial charge on any atom is -0.299 e. The lowest BCUT2D eigenvalue weighted by Crippen LogP contribution is -2.30. The van der Waals surface area contributed by atoms with Crippen LogP contribution in [0.1, 0.15) is 43.4 Å². The SMILES string of the molecule is CCOS(=O)(=O)c1ccc(C)c(C2CCCCN2C)c1. The van der Waals surface area contributed by atoms with Gasteiger partial charge in [0.2, 0.25) is 0 Å². The van der Waals surface area contributed by atoms with Crippen molar-refractivity contribution in [2.45, 2.75) is 44.0 Å². The van der Waals surface area contributed by atoms with Gasteiger partial charge < -0.3 is 0 Å². The Labute approximate surface area is 121 Å². The molecule has 0 aliphatic carbocycles. The molecule has 1 aromatic rings. The highest BCUT2D eigenvalue weighted by Crippen LogP contribution is 2.33. The molecule has 1 saturated heterocycles. The number of aryl methyl sites for hydroxylation is 1. The molecule has 20 heavy (non-hydrogen) atoms. The zero-order valence-corrected chi connectivity index (χ0v) is 13.2. The van der Waals surface area contributed by atoms with Crippen molar-refractivity contribution >= 4 is 10.1 Å². The normalized spacial score (nSPS) is 21.1. The molecular formula is C15H23NO3S. The van der Waals surface area contributed by atoms with Crippen LogP contribution in [0.5, 0.6) is 0 Å². The van der Waals surface area contributed by atoms with Crippen molar-refractivity contribution in [2.24, 2.45) is 0 Å². The summed E-state index contributed by atoms with van der Waals surface area (Å²) in [7, 11) is -1.52. The maximum Gasteiger partial charge on any atom is 0.296 e. The number of piperidine rings is 1. The van der Waals surface area contributed by atoms with E-state index in [0.29, 0.717) is 6.04 Å². The molecule has 1 unspecified atom stereocenters. The van der Waals surface area contributed by atoms with Crippen LogP contribution in [0.25, 0.3) is 0 Å². The van der Waals surface area contributed by atoms with Crippen molar-refractivity contribution in [1.29, 1.82) is 0 Å². The Morgan fingerprint density at radius 2 is 2.10 bits per heavy atom. The first-order valence-electron chi connectivity index (χ1n) is 7.16. The van der Waals surface area contributed by atoms with Crippen LogP contribution in [-0.2, 0) is 14.3 Å². The molecule has 1 atom stereocenters. The van der Waals surface area contributed by atoms with Gasteiger partial charge in [0.25, 0.3) is 10.1 Å². The van der Waals surface area contributed by atoms with Crippen LogP contribution in [0.2, 0.25) is 0 Å². The average molecular weight is 297 g/mol. The zero-order valence-electron chi connectivity index (χ0n) is 12.4. The Bertz CT molecular complexity index is 568. The summed E-state index contributed by atoms with van der Waals surface area (Å²) in [6.45, 7) is 4.94. The molecule has 1 aliphatic heterocycles. The molecule has 0 spiro atoms. The van der Waals surface area contributed by atoms with Crippen LogP contribution < -0.4 is 0 Å². The summed E-state index contributed by atoms with van der Waals surface area (Å²) in [4.78, 5) is 2.57. The summed E-state index contributed by atoms with van der Waals surface area (Å²) in [6, 6.07) is 5.60. The lowest BCUT2D eigenvalue weighted by atomic mass is 9.93. The van der Waals surface area contributed by atoms with Crippen LogP contribution in [0.15, 0.2) is 23.1 Å². The van der Waals surface area contributed by atoms with Crippen molar-refractivity contribution in [3.63, 3.8) is 0 Å². The van der Waals surface area contributed by atoms with Gasteiger partial charge in [0.15, 0.2) is 0 Å². The molecular weight excluding hydrogens is 274 g/mol. The molecule has 0 radical (unpaired) electrons. The molecule has 0 N–H and O–H groups in total. The molecule has 1 aliphatic rings. The van der Waals surface area contributed by atoms with Crippen molar-refractivity contribution < 1.29 is 12.6 Å². The first kappa shape index (κ1) is 15.5. The molecule has 5 heteroatoms. The van der Waals surface area contributed by atoms with E-state index in [-0.39, 0.29) is 11.5 Å². The standard InChI is InChI=1S/C15H23NO3S/c1-4-19-20(17,18)13-9-8-12(2)14(11-13)15-7-5-6-10-16(15)3/h8-9,11,15H,4-7,10H2,1-3H3. The number of benzene rings is 1. The number of nitrogens with zero attached hydrogens (tertiary/aromatic N) is 1. The highest BCUT2D eigenvalue weighted by molar-refractivity contribution is 7.86. The fraction of sp³-hybridized carbons (Fsp3) is 0.600. The third-order valence-corrected chi connectivity index (χ3v) is 5.32. The molecule has 1 aromatic carbocycles. The molecule has 112 valence electrons. The van der Waals surface area contributed by atoms with Crippen LogP contribution >= 0.6 is 0 Å². The minimum atomic E-state index is -3.62. The Morgan fingerprint density at radius 1 is 1.35 bits per heavy atom. The molecule has 1 heterocycles. The molecule has 0 saturated carbocycles. The fourth-order valence-corrected chi connectivity index (χ4v) is 3.78. The Morgan fingerprint density at radius 3 is 2.75 bits per heavy atom. The van der Waals surface area contributed by atoms with E-state index < -0.39 is 10.1 Å². The van der Waals surface area contributed by atoms with Gasteiger partial charge in [0, 0.05) is 6.04 Å². The van der Waals surface area contributed by atoms with E-state index in [1.807, 2.05) is 13.0 Å². The lowest BCUT2D eigenvalue weighted by molar-refractivity contribution is 0.186. The van der Waals surface area contributed by atoms with E-state index in [4.69, 9.17) is 4.18 Å². The second-order valence-electron chi connectivity index (χ2n) is 5.37. The van der Waals surface area contributed by atoms with Crippen LogP contribution in [0, 0.1) is 6.92 Å². The third kappa shape index (κ3) is 3.22. The van der Waals surface area contributed by atoms with Gasteiger partial charge in [-0.15, -0.1) is 0 Å². The smallest absolute Gasteiger partial charge is 0.296 e. The number of hydrogen-bond donors (Lipinski definition) is 0. The summed E-state index contributed by atoms with van der Waals surface area (Å²) >= 11 is 0. The van der Waals surface area contributed by atoms with Gasteiger partial charge in [-0.2, -0.15) is 8.42 Å². The summed E-state index contributed by atoms with van der Waals surface area (Å²) in [5.74, 6) is 0. The van der Waals surface area contributed by atoms with E-state index in [1.54, 1.807) is 19.1 Å². The fourth-order valence-electron chi connectivity index (χ4n) is 2.82. The predicted octanol–water partition coefficient (Wildman–Crippen LogP) is 2.88. The zero-order chi connectivity index (χ0) is 14.8. The first-order valence-corrected chi connectivity index (χ1v) is 8.56. The summed E-state index contributed by atoms with van der Waals surface area (Å²) in [5.41, 5.74) is 2.24. The van der Waals surface area contributed by atoms with Crippen LogP contribution in [-0.4, -0.2) is 33.5 Å². The van der Waals surface area contributed by atoms with Gasteiger partial charge in [-0.3, -0.25) is 9.08 Å². The van der Waals surface area contributed by atoms with Crippen LogP contribution in [0.4, 0.5) is 0 Å². The van der Waals surface area contributed by atoms with E-state index in [1.165, 1.54) is 12.8 Å². The van der Waals surface area contributed by atoms with Crippen molar-refractivity contribution in [3.05, 3.63) is 29.3 Å². The quantitative estimate of drug-likeness (QED) is 0.802. The second-order valence-corrected chi connectivity index (χ2v) is 6.99. The number of hydrogen-bond acceptors (Lipinski definition) is 4. The monoisotopic (exact) mass is 297 g/mol. The van der Waals surface area contributed by atoms with Gasteiger partial charge in [0.05, 0.1) is 11.5 Å². The van der Waals surface area contributed by atoms with Crippen molar-refractivity contribution in [1.82, 2.24) is 4.90 Å². The van der Waals surface area contributed by atoms with Gasteiger partial charge >= 0.3 is 0 Å². The second kappa shape index (κ2) is 6.24. The Balaban J connectivity index is 2.38. The lowest BCUT2D eigenvalue weighted by Gasteiger charge is -2.33. The highest BCUT2D eigenvalue weighted by atomic mass is 32.2. The van der Waals surface area contributed by atoms with E-state index in [0.717, 1.165) is 24.1 Å². The van der Waals surface area contributed by atoms with Crippen LogP contribution in [0.3, 0.4) is 0 Å². The Hall–Kier alpha value is -0.910. The third-order valence-electron chi connectivity index (χ3n) is 3.94. The van der Waals surface area contributed by atoms with Crippen molar-refractivity contribution in [3.8, 4) is 0 Å². The topological polar surface area (TPSA) is 46.6 Å². The van der Waals surface area contributed by atoms with Gasteiger partial charge in [0.1, 0.15) is 0 Å². The van der Waals surface area contributed by atoms with E-state index in [2.05, 4.69) is 11.9 Å². The Kier molecular flexibility index (Phi) is 4.83. The maximum absolute atomic E-state index is 12.0. The number of likely N-dealkylation sites (tertiary alicyclic amines) is 1. The van der Waals surface area contributed by atoms with Crippen molar-refractivity contribution in [2.75, 3.05) is 20.2 Å². The predicted molar refractivity (Wildman–Crippen MR) is 79.2 cm³/mol. The average Bonchev–Trinajstić information content (AvgIpc) is 2.40. The first-order chi connectivity index (χ1) is 9.45. The molecule has 0 bridgehead atoms. The van der Waals surface area contributed by atoms with E-state index in [9.17, 15) is 8.42 Å².